The number of hydrogen-bond donors (Lipinski definition) is 1. The van der Waals surface area contributed by atoms with Crippen LogP contribution in [0.4, 0.5) is 13.9 Å². The van der Waals surface area contributed by atoms with Crippen LogP contribution in [0.15, 0.2) is 23.6 Å². The standard InChI is InChI=1S/C22H25F2N3O4S/c1-3-30-18-8-14(6-7-17(18)31-21(23)24)15-9-19(28)27(10-15)12(2)20(29)26-22-25-16(11-32-22)13-4-5-13/h6-8,11-13,15,21H,3-5,9-10H2,1-2H3,(H,25,26,29). The Morgan fingerprint density at radius 2 is 2.09 bits per heavy atom. The van der Waals surface area contributed by atoms with Crippen LogP contribution in [0.3, 0.4) is 0 Å². The molecular weight excluding hydrogens is 440 g/mol. The third kappa shape index (κ3) is 5.01. The van der Waals surface area contributed by atoms with Crippen molar-refractivity contribution < 1.29 is 27.8 Å². The molecule has 10 heteroatoms. The summed E-state index contributed by atoms with van der Waals surface area (Å²) >= 11 is 1.39. The smallest absolute Gasteiger partial charge is 0.387 e. The van der Waals surface area contributed by atoms with Gasteiger partial charge in [-0.1, -0.05) is 6.07 Å². The summed E-state index contributed by atoms with van der Waals surface area (Å²) in [6, 6.07) is 4.05. The lowest BCUT2D eigenvalue weighted by Gasteiger charge is -2.23. The van der Waals surface area contributed by atoms with E-state index >= 15 is 0 Å². The van der Waals surface area contributed by atoms with Crippen molar-refractivity contribution in [1.29, 1.82) is 0 Å². The molecule has 2 heterocycles. The van der Waals surface area contributed by atoms with Crippen molar-refractivity contribution >= 4 is 28.3 Å². The molecule has 2 unspecified atom stereocenters. The Morgan fingerprint density at radius 1 is 1.31 bits per heavy atom. The SMILES string of the molecule is CCOc1cc(C2CC(=O)N(C(C)C(=O)Nc3nc(C4CC4)cs3)C2)ccc1OC(F)F. The van der Waals surface area contributed by atoms with Gasteiger partial charge in [-0.15, -0.1) is 11.3 Å². The number of benzene rings is 1. The van der Waals surface area contributed by atoms with Crippen LogP contribution >= 0.6 is 11.3 Å². The minimum atomic E-state index is -2.96. The lowest BCUT2D eigenvalue weighted by molar-refractivity contribution is -0.134. The molecule has 2 aromatic rings. The number of carbonyl (C=O) groups excluding carboxylic acids is 2. The second-order valence-electron chi connectivity index (χ2n) is 7.98. The first-order valence-electron chi connectivity index (χ1n) is 10.6. The fraction of sp³-hybridized carbons (Fsp3) is 0.500. The number of likely N-dealkylation sites (tertiary alicyclic amines) is 1. The molecule has 2 fully saturated rings. The number of aromatic nitrogens is 1. The van der Waals surface area contributed by atoms with Gasteiger partial charge in [0.25, 0.3) is 0 Å². The molecular formula is C22H25F2N3O4S. The summed E-state index contributed by atoms with van der Waals surface area (Å²) in [5.74, 6) is 0.0617. The molecule has 1 saturated heterocycles. The monoisotopic (exact) mass is 465 g/mol. The Balaban J connectivity index is 1.42. The van der Waals surface area contributed by atoms with Gasteiger partial charge in [0.15, 0.2) is 16.6 Å². The molecule has 1 aliphatic carbocycles. The topological polar surface area (TPSA) is 80.8 Å². The Bertz CT molecular complexity index is 995. The number of nitrogens with zero attached hydrogens (tertiary/aromatic N) is 2. The van der Waals surface area contributed by atoms with Gasteiger partial charge in [0.05, 0.1) is 12.3 Å². The number of nitrogens with one attached hydrogen (secondary N) is 1. The fourth-order valence-electron chi connectivity index (χ4n) is 3.83. The molecule has 2 amide bonds. The number of amides is 2. The van der Waals surface area contributed by atoms with Gasteiger partial charge in [0.2, 0.25) is 11.8 Å². The molecule has 1 aromatic carbocycles. The van der Waals surface area contributed by atoms with Crippen molar-refractivity contribution in [3.63, 3.8) is 0 Å². The molecule has 0 bridgehead atoms. The van der Waals surface area contributed by atoms with Gasteiger partial charge in [0, 0.05) is 30.2 Å². The number of carbonyl (C=O) groups is 2. The number of anilines is 1. The maximum absolute atomic E-state index is 12.7. The van der Waals surface area contributed by atoms with E-state index < -0.39 is 12.7 Å². The van der Waals surface area contributed by atoms with Crippen molar-refractivity contribution in [3.05, 3.63) is 34.8 Å². The number of hydrogen-bond acceptors (Lipinski definition) is 6. The van der Waals surface area contributed by atoms with Gasteiger partial charge in [0.1, 0.15) is 6.04 Å². The summed E-state index contributed by atoms with van der Waals surface area (Å²) in [5.41, 5.74) is 1.78. The summed E-state index contributed by atoms with van der Waals surface area (Å²) in [6.07, 6.45) is 2.50. The van der Waals surface area contributed by atoms with Crippen LogP contribution in [0.5, 0.6) is 11.5 Å². The van der Waals surface area contributed by atoms with E-state index in [-0.39, 0.29) is 42.3 Å². The predicted octanol–water partition coefficient (Wildman–Crippen LogP) is 4.36. The highest BCUT2D eigenvalue weighted by Gasteiger charge is 2.37. The summed E-state index contributed by atoms with van der Waals surface area (Å²) in [6.45, 7) is 1.11. The molecule has 1 aromatic heterocycles. The molecule has 1 saturated carbocycles. The largest absolute Gasteiger partial charge is 0.490 e. The van der Waals surface area contributed by atoms with Crippen LogP contribution in [0.1, 0.15) is 56.2 Å². The highest BCUT2D eigenvalue weighted by atomic mass is 32.1. The number of rotatable bonds is 9. The van der Waals surface area contributed by atoms with Crippen molar-refractivity contribution in [3.8, 4) is 11.5 Å². The van der Waals surface area contributed by atoms with Gasteiger partial charge in [-0.25, -0.2) is 4.98 Å². The average molecular weight is 466 g/mol. The fourth-order valence-corrected chi connectivity index (χ4v) is 4.63. The second-order valence-corrected chi connectivity index (χ2v) is 8.84. The minimum Gasteiger partial charge on any atom is -0.490 e. The minimum absolute atomic E-state index is 0.0476. The van der Waals surface area contributed by atoms with E-state index in [2.05, 4.69) is 15.0 Å². The molecule has 2 aliphatic rings. The number of alkyl halides is 2. The summed E-state index contributed by atoms with van der Waals surface area (Å²) in [5, 5.41) is 5.32. The molecule has 0 spiro atoms. The zero-order chi connectivity index (χ0) is 22.8. The van der Waals surface area contributed by atoms with Gasteiger partial charge >= 0.3 is 6.61 Å². The van der Waals surface area contributed by atoms with Crippen LogP contribution in [-0.4, -0.2) is 47.5 Å². The van der Waals surface area contributed by atoms with Crippen molar-refractivity contribution in [2.75, 3.05) is 18.5 Å². The van der Waals surface area contributed by atoms with Crippen molar-refractivity contribution in [2.45, 2.75) is 57.6 Å². The first kappa shape index (κ1) is 22.4. The van der Waals surface area contributed by atoms with Gasteiger partial charge in [-0.05, 0) is 44.4 Å². The Labute approximate surface area is 188 Å². The molecule has 1 N–H and O–H groups in total. The van der Waals surface area contributed by atoms with E-state index in [0.717, 1.165) is 24.1 Å². The summed E-state index contributed by atoms with van der Waals surface area (Å²) in [4.78, 5) is 31.4. The highest BCUT2D eigenvalue weighted by Crippen LogP contribution is 2.41. The highest BCUT2D eigenvalue weighted by molar-refractivity contribution is 7.13. The quantitative estimate of drug-likeness (QED) is 0.595. The molecule has 172 valence electrons. The first-order valence-corrected chi connectivity index (χ1v) is 11.5. The van der Waals surface area contributed by atoms with Gasteiger partial charge in [-0.2, -0.15) is 8.78 Å². The molecule has 1 aliphatic heterocycles. The van der Waals surface area contributed by atoms with Gasteiger partial charge < -0.3 is 19.7 Å². The van der Waals surface area contributed by atoms with Crippen LogP contribution in [0.2, 0.25) is 0 Å². The lowest BCUT2D eigenvalue weighted by Crippen LogP contribution is -2.42. The van der Waals surface area contributed by atoms with Gasteiger partial charge in [-0.3, -0.25) is 9.59 Å². The van der Waals surface area contributed by atoms with Crippen LogP contribution in [-0.2, 0) is 9.59 Å². The number of ether oxygens (including phenoxy) is 2. The third-order valence-electron chi connectivity index (χ3n) is 5.71. The third-order valence-corrected chi connectivity index (χ3v) is 6.48. The van der Waals surface area contributed by atoms with Crippen LogP contribution < -0.4 is 14.8 Å². The normalized spacial score (nSPS) is 19.3. The number of thiazole rings is 1. The second kappa shape index (κ2) is 9.40. The van der Waals surface area contributed by atoms with E-state index in [1.807, 2.05) is 5.38 Å². The van der Waals surface area contributed by atoms with Crippen LogP contribution in [0.25, 0.3) is 0 Å². The zero-order valence-electron chi connectivity index (χ0n) is 17.8. The average Bonchev–Trinajstić information content (AvgIpc) is 3.38. The first-order chi connectivity index (χ1) is 15.4. The van der Waals surface area contributed by atoms with E-state index in [0.29, 0.717) is 17.6 Å². The molecule has 7 nitrogen and oxygen atoms in total. The molecule has 0 radical (unpaired) electrons. The Morgan fingerprint density at radius 3 is 2.78 bits per heavy atom. The van der Waals surface area contributed by atoms with E-state index in [1.165, 1.54) is 17.4 Å². The number of halogens is 2. The Kier molecular flexibility index (Phi) is 6.59. The zero-order valence-corrected chi connectivity index (χ0v) is 18.7. The maximum atomic E-state index is 12.7. The predicted molar refractivity (Wildman–Crippen MR) is 115 cm³/mol. The summed E-state index contributed by atoms with van der Waals surface area (Å²) in [7, 11) is 0. The summed E-state index contributed by atoms with van der Waals surface area (Å²) < 4.78 is 35.2. The van der Waals surface area contributed by atoms with E-state index in [1.54, 1.807) is 30.9 Å². The van der Waals surface area contributed by atoms with E-state index in [4.69, 9.17) is 4.74 Å². The van der Waals surface area contributed by atoms with E-state index in [9.17, 15) is 18.4 Å². The molecule has 4 rings (SSSR count). The lowest BCUT2D eigenvalue weighted by atomic mass is 9.98. The Hall–Kier alpha value is -2.75. The maximum Gasteiger partial charge on any atom is 0.387 e. The van der Waals surface area contributed by atoms with Crippen LogP contribution in [0, 0.1) is 0 Å². The molecule has 32 heavy (non-hydrogen) atoms. The van der Waals surface area contributed by atoms with Crippen molar-refractivity contribution in [2.24, 2.45) is 0 Å². The van der Waals surface area contributed by atoms with Crippen molar-refractivity contribution in [1.82, 2.24) is 9.88 Å². The molecule has 2 atom stereocenters.